The van der Waals surface area contributed by atoms with Crippen molar-refractivity contribution in [2.45, 2.75) is 50.4 Å². The van der Waals surface area contributed by atoms with Gasteiger partial charge in [0.1, 0.15) is 5.75 Å². The van der Waals surface area contributed by atoms with Gasteiger partial charge in [0.05, 0.1) is 7.11 Å². The van der Waals surface area contributed by atoms with Crippen LogP contribution in [0.25, 0.3) is 0 Å². The summed E-state index contributed by atoms with van der Waals surface area (Å²) in [5.74, 6) is 1.06. The molecule has 1 fully saturated rings. The molecule has 0 spiro atoms. The Hall–Kier alpha value is -2.29. The zero-order valence-corrected chi connectivity index (χ0v) is 15.7. The maximum atomic E-state index is 12.4. The summed E-state index contributed by atoms with van der Waals surface area (Å²) in [6, 6.07) is 18.7. The molecule has 1 N–H and O–H groups in total. The van der Waals surface area contributed by atoms with Crippen LogP contribution in [0.2, 0.25) is 0 Å². The van der Waals surface area contributed by atoms with Gasteiger partial charge >= 0.3 is 0 Å². The normalized spacial score (nSPS) is 15.6. The van der Waals surface area contributed by atoms with E-state index in [2.05, 4.69) is 41.7 Å². The summed E-state index contributed by atoms with van der Waals surface area (Å²) < 4.78 is 5.38. The summed E-state index contributed by atoms with van der Waals surface area (Å²) >= 11 is 0. The Labute approximate surface area is 156 Å². The maximum Gasteiger partial charge on any atom is 0.220 e. The van der Waals surface area contributed by atoms with E-state index in [0.717, 1.165) is 25.1 Å². The van der Waals surface area contributed by atoms with E-state index >= 15 is 0 Å². The van der Waals surface area contributed by atoms with Crippen LogP contribution < -0.4 is 10.1 Å². The number of hydrogen-bond acceptors (Lipinski definition) is 2. The number of benzene rings is 2. The molecule has 1 aliphatic carbocycles. The first-order valence-electron chi connectivity index (χ1n) is 9.68. The third-order valence-electron chi connectivity index (χ3n) is 5.61. The molecule has 1 amide bonds. The van der Waals surface area contributed by atoms with Crippen molar-refractivity contribution in [3.8, 4) is 5.75 Å². The van der Waals surface area contributed by atoms with E-state index in [1.165, 1.54) is 36.8 Å². The lowest BCUT2D eigenvalue weighted by Crippen LogP contribution is -2.39. The summed E-state index contributed by atoms with van der Waals surface area (Å²) in [5.41, 5.74) is 2.66. The molecule has 0 radical (unpaired) electrons. The van der Waals surface area contributed by atoms with Gasteiger partial charge < -0.3 is 10.1 Å². The standard InChI is InChI=1S/C23H29NO2/c1-26-21-14-6-5-10-19(21)11-9-15-22(25)24-18-23(16-7-8-17-23)20-12-3-2-4-13-20/h2-6,10,12-14H,7-9,11,15-18H2,1H3,(H,24,25). The van der Waals surface area contributed by atoms with Crippen LogP contribution in [-0.2, 0) is 16.6 Å². The molecule has 138 valence electrons. The van der Waals surface area contributed by atoms with E-state index in [1.54, 1.807) is 7.11 Å². The summed E-state index contributed by atoms with van der Waals surface area (Å²) in [6.45, 7) is 0.754. The summed E-state index contributed by atoms with van der Waals surface area (Å²) in [6.07, 6.45) is 7.09. The molecule has 2 aromatic carbocycles. The summed E-state index contributed by atoms with van der Waals surface area (Å²) in [4.78, 5) is 12.4. The highest BCUT2D eigenvalue weighted by Crippen LogP contribution is 2.40. The van der Waals surface area contributed by atoms with Gasteiger partial charge in [0.2, 0.25) is 5.91 Å². The van der Waals surface area contributed by atoms with Crippen molar-refractivity contribution in [2.75, 3.05) is 13.7 Å². The predicted molar refractivity (Wildman–Crippen MR) is 106 cm³/mol. The Kier molecular flexibility index (Phi) is 6.32. The van der Waals surface area contributed by atoms with Gasteiger partial charge in [-0.1, -0.05) is 61.4 Å². The highest BCUT2D eigenvalue weighted by Gasteiger charge is 2.35. The molecule has 0 unspecified atom stereocenters. The van der Waals surface area contributed by atoms with E-state index in [4.69, 9.17) is 4.74 Å². The fraction of sp³-hybridized carbons (Fsp3) is 0.435. The number of hydrogen-bond donors (Lipinski definition) is 1. The molecule has 2 aromatic rings. The molecule has 0 saturated heterocycles. The Morgan fingerprint density at radius 1 is 1.04 bits per heavy atom. The van der Waals surface area contributed by atoms with E-state index < -0.39 is 0 Å². The van der Waals surface area contributed by atoms with Crippen LogP contribution in [-0.4, -0.2) is 19.6 Å². The van der Waals surface area contributed by atoms with Crippen LogP contribution in [0.4, 0.5) is 0 Å². The second-order valence-electron chi connectivity index (χ2n) is 7.30. The maximum absolute atomic E-state index is 12.4. The van der Waals surface area contributed by atoms with Crippen molar-refractivity contribution < 1.29 is 9.53 Å². The Morgan fingerprint density at radius 3 is 2.46 bits per heavy atom. The van der Waals surface area contributed by atoms with E-state index in [1.807, 2.05) is 18.2 Å². The number of methoxy groups -OCH3 is 1. The first kappa shape index (κ1) is 18.5. The average Bonchev–Trinajstić information content (AvgIpc) is 3.18. The molecule has 3 heteroatoms. The Balaban J connectivity index is 1.50. The van der Waals surface area contributed by atoms with Crippen molar-refractivity contribution in [1.82, 2.24) is 5.32 Å². The first-order chi connectivity index (χ1) is 12.7. The number of carbonyl (C=O) groups is 1. The van der Waals surface area contributed by atoms with Crippen molar-refractivity contribution in [3.05, 3.63) is 65.7 Å². The number of rotatable bonds is 8. The van der Waals surface area contributed by atoms with Crippen LogP contribution >= 0.6 is 0 Å². The minimum atomic E-state index is 0.125. The van der Waals surface area contributed by atoms with Crippen molar-refractivity contribution in [1.29, 1.82) is 0 Å². The van der Waals surface area contributed by atoms with E-state index in [9.17, 15) is 4.79 Å². The lowest BCUT2D eigenvalue weighted by Gasteiger charge is -2.30. The molecule has 0 aliphatic heterocycles. The van der Waals surface area contributed by atoms with E-state index in [0.29, 0.717) is 6.42 Å². The van der Waals surface area contributed by atoms with Gasteiger partial charge in [-0.25, -0.2) is 0 Å². The molecular formula is C23H29NO2. The third-order valence-corrected chi connectivity index (χ3v) is 5.61. The number of para-hydroxylation sites is 1. The monoisotopic (exact) mass is 351 g/mol. The van der Waals surface area contributed by atoms with Crippen molar-refractivity contribution in [2.24, 2.45) is 0 Å². The highest BCUT2D eigenvalue weighted by atomic mass is 16.5. The summed E-state index contributed by atoms with van der Waals surface area (Å²) in [7, 11) is 1.69. The molecule has 0 aromatic heterocycles. The van der Waals surface area contributed by atoms with Crippen LogP contribution in [0.1, 0.15) is 49.7 Å². The van der Waals surface area contributed by atoms with Crippen LogP contribution in [0.3, 0.4) is 0 Å². The number of aryl methyl sites for hydroxylation is 1. The molecule has 3 nitrogen and oxygen atoms in total. The quantitative estimate of drug-likeness (QED) is 0.752. The van der Waals surface area contributed by atoms with Gasteiger partial charge in [0.25, 0.3) is 0 Å². The minimum Gasteiger partial charge on any atom is -0.496 e. The summed E-state index contributed by atoms with van der Waals surface area (Å²) in [5, 5.41) is 3.21. The van der Waals surface area contributed by atoms with Gasteiger partial charge in [-0.3, -0.25) is 4.79 Å². The fourth-order valence-corrected chi connectivity index (χ4v) is 4.12. The lowest BCUT2D eigenvalue weighted by atomic mass is 9.79. The third kappa shape index (κ3) is 4.46. The van der Waals surface area contributed by atoms with Crippen molar-refractivity contribution >= 4 is 5.91 Å². The number of ether oxygens (including phenoxy) is 1. The minimum absolute atomic E-state index is 0.125. The number of amides is 1. The lowest BCUT2D eigenvalue weighted by molar-refractivity contribution is -0.121. The van der Waals surface area contributed by atoms with Crippen molar-refractivity contribution in [3.63, 3.8) is 0 Å². The van der Waals surface area contributed by atoms with Gasteiger partial charge in [-0.2, -0.15) is 0 Å². The molecule has 26 heavy (non-hydrogen) atoms. The van der Waals surface area contributed by atoms with Gasteiger partial charge in [-0.15, -0.1) is 0 Å². The predicted octanol–water partition coefficient (Wildman–Crippen LogP) is 4.65. The second-order valence-corrected chi connectivity index (χ2v) is 7.30. The topological polar surface area (TPSA) is 38.3 Å². The second kappa shape index (κ2) is 8.88. The molecular weight excluding hydrogens is 322 g/mol. The molecule has 0 heterocycles. The Morgan fingerprint density at radius 2 is 1.73 bits per heavy atom. The number of carbonyl (C=O) groups excluding carboxylic acids is 1. The zero-order chi connectivity index (χ0) is 18.2. The molecule has 3 rings (SSSR count). The van der Waals surface area contributed by atoms with E-state index in [-0.39, 0.29) is 11.3 Å². The highest BCUT2D eigenvalue weighted by molar-refractivity contribution is 5.76. The smallest absolute Gasteiger partial charge is 0.220 e. The Bertz CT molecular complexity index is 705. The van der Waals surface area contributed by atoms with Gasteiger partial charge in [0, 0.05) is 18.4 Å². The average molecular weight is 351 g/mol. The largest absolute Gasteiger partial charge is 0.496 e. The molecule has 1 saturated carbocycles. The number of nitrogens with one attached hydrogen (secondary N) is 1. The van der Waals surface area contributed by atoms with Gasteiger partial charge in [-0.05, 0) is 42.9 Å². The van der Waals surface area contributed by atoms with Crippen LogP contribution in [0.15, 0.2) is 54.6 Å². The molecule has 0 atom stereocenters. The van der Waals surface area contributed by atoms with Gasteiger partial charge in [0.15, 0.2) is 0 Å². The SMILES string of the molecule is COc1ccccc1CCCC(=O)NCC1(c2ccccc2)CCCC1. The molecule has 1 aliphatic rings. The van der Waals surface area contributed by atoms with Crippen LogP contribution in [0.5, 0.6) is 5.75 Å². The first-order valence-corrected chi connectivity index (χ1v) is 9.68. The fourth-order valence-electron chi connectivity index (χ4n) is 4.12. The zero-order valence-electron chi connectivity index (χ0n) is 15.7. The molecule has 0 bridgehead atoms. The van der Waals surface area contributed by atoms with Crippen LogP contribution in [0, 0.1) is 0 Å².